The number of hydrogen-bond donors (Lipinski definition) is 8. The Morgan fingerprint density at radius 2 is 1.05 bits per heavy atom. The van der Waals surface area contributed by atoms with Gasteiger partial charge in [-0.3, -0.25) is 4.79 Å². The average Bonchev–Trinajstić information content (AvgIpc) is 3.23. The predicted molar refractivity (Wildman–Crippen MR) is 238 cm³/mol. The summed E-state index contributed by atoms with van der Waals surface area (Å²) < 4.78 is 11.1. The van der Waals surface area contributed by atoms with Crippen LogP contribution in [0.3, 0.4) is 0 Å². The molecule has 1 aliphatic heterocycles. The molecule has 0 bridgehead atoms. The molecular formula is C48H89NO10. The quantitative estimate of drug-likeness (QED) is 0.0223. The zero-order valence-electron chi connectivity index (χ0n) is 37.2. The Hall–Kier alpha value is -1.67. The van der Waals surface area contributed by atoms with Gasteiger partial charge in [-0.25, -0.2) is 0 Å². The van der Waals surface area contributed by atoms with Gasteiger partial charge in [-0.2, -0.15) is 0 Å². The van der Waals surface area contributed by atoms with Crippen molar-refractivity contribution in [3.05, 3.63) is 36.5 Å². The summed E-state index contributed by atoms with van der Waals surface area (Å²) in [4.78, 5) is 13.1. The van der Waals surface area contributed by atoms with Gasteiger partial charge in [0.15, 0.2) is 6.29 Å². The van der Waals surface area contributed by atoms with E-state index in [-0.39, 0.29) is 12.8 Å². The van der Waals surface area contributed by atoms with E-state index in [0.717, 1.165) is 51.4 Å². The second kappa shape index (κ2) is 38.0. The first-order valence-corrected chi connectivity index (χ1v) is 23.9. The Balaban J connectivity index is 2.43. The minimum Gasteiger partial charge on any atom is -0.394 e. The molecule has 0 aliphatic carbocycles. The van der Waals surface area contributed by atoms with Gasteiger partial charge in [-0.15, -0.1) is 0 Å². The van der Waals surface area contributed by atoms with E-state index in [1.54, 1.807) is 0 Å². The highest BCUT2D eigenvalue weighted by atomic mass is 16.7. The first-order chi connectivity index (χ1) is 28.7. The van der Waals surface area contributed by atoms with E-state index >= 15 is 0 Å². The summed E-state index contributed by atoms with van der Waals surface area (Å²) >= 11 is 0. The molecule has 1 fully saturated rings. The molecule has 0 aromatic rings. The summed E-state index contributed by atoms with van der Waals surface area (Å²) in [6.07, 6.45) is 32.0. The highest BCUT2D eigenvalue weighted by Gasteiger charge is 2.44. The van der Waals surface area contributed by atoms with Crippen molar-refractivity contribution in [2.24, 2.45) is 0 Å². The number of ether oxygens (including phenoxy) is 2. The number of carbonyl (C=O) groups is 1. The molecule has 0 saturated carbocycles. The van der Waals surface area contributed by atoms with Crippen LogP contribution in [0.15, 0.2) is 36.5 Å². The van der Waals surface area contributed by atoms with Crippen LogP contribution in [0.4, 0.5) is 0 Å². The first-order valence-electron chi connectivity index (χ1n) is 23.9. The first kappa shape index (κ1) is 55.3. The number of rotatable bonds is 39. The molecule has 1 saturated heterocycles. The van der Waals surface area contributed by atoms with E-state index in [4.69, 9.17) is 9.47 Å². The molecule has 346 valence electrons. The molecule has 1 amide bonds. The number of nitrogens with one attached hydrogen (secondary N) is 1. The molecule has 9 atom stereocenters. The normalized spacial score (nSPS) is 22.1. The van der Waals surface area contributed by atoms with Crippen LogP contribution >= 0.6 is 0 Å². The molecule has 0 radical (unpaired) electrons. The van der Waals surface area contributed by atoms with Gasteiger partial charge >= 0.3 is 0 Å². The van der Waals surface area contributed by atoms with Crippen LogP contribution in [0.1, 0.15) is 194 Å². The predicted octanol–water partition coefficient (Wildman–Crippen LogP) is 8.00. The minimum absolute atomic E-state index is 0.241. The van der Waals surface area contributed by atoms with E-state index in [0.29, 0.717) is 19.3 Å². The number of amides is 1. The van der Waals surface area contributed by atoms with Crippen LogP contribution in [0.25, 0.3) is 0 Å². The molecule has 59 heavy (non-hydrogen) atoms. The summed E-state index contributed by atoms with van der Waals surface area (Å²) in [5, 5.41) is 75.6. The summed E-state index contributed by atoms with van der Waals surface area (Å²) in [6.45, 7) is 3.31. The molecule has 0 aromatic carbocycles. The van der Waals surface area contributed by atoms with E-state index in [9.17, 15) is 40.5 Å². The van der Waals surface area contributed by atoms with E-state index < -0.39 is 74.2 Å². The lowest BCUT2D eigenvalue weighted by Crippen LogP contribution is -2.60. The fourth-order valence-corrected chi connectivity index (χ4v) is 7.48. The van der Waals surface area contributed by atoms with Crippen molar-refractivity contribution < 1.29 is 50.0 Å². The van der Waals surface area contributed by atoms with Crippen molar-refractivity contribution in [1.29, 1.82) is 0 Å². The highest BCUT2D eigenvalue weighted by molar-refractivity contribution is 5.80. The Kier molecular flexibility index (Phi) is 35.7. The van der Waals surface area contributed by atoms with Crippen molar-refractivity contribution >= 4 is 5.91 Å². The fraction of sp³-hybridized carbons (Fsp3) is 0.854. The third-order valence-corrected chi connectivity index (χ3v) is 11.4. The summed E-state index contributed by atoms with van der Waals surface area (Å²) in [5.41, 5.74) is 0. The van der Waals surface area contributed by atoms with Crippen LogP contribution in [-0.2, 0) is 14.3 Å². The average molecular weight is 840 g/mol. The van der Waals surface area contributed by atoms with Crippen LogP contribution in [0.2, 0.25) is 0 Å². The van der Waals surface area contributed by atoms with Gasteiger partial charge in [-0.05, 0) is 57.8 Å². The molecule has 1 rings (SSSR count). The van der Waals surface area contributed by atoms with Crippen molar-refractivity contribution in [2.45, 2.75) is 249 Å². The highest BCUT2D eigenvalue weighted by Crippen LogP contribution is 2.23. The van der Waals surface area contributed by atoms with Gasteiger partial charge in [0.2, 0.25) is 5.91 Å². The van der Waals surface area contributed by atoms with Crippen molar-refractivity contribution in [2.75, 3.05) is 13.2 Å². The number of hydrogen-bond acceptors (Lipinski definition) is 10. The summed E-state index contributed by atoms with van der Waals surface area (Å²) in [5.74, 6) is -0.713. The second-order valence-corrected chi connectivity index (χ2v) is 16.8. The van der Waals surface area contributed by atoms with Crippen molar-refractivity contribution in [1.82, 2.24) is 5.32 Å². The number of unbranched alkanes of at least 4 members (excludes halogenated alkanes) is 21. The number of aliphatic hydroxyl groups is 7. The summed E-state index contributed by atoms with van der Waals surface area (Å²) in [7, 11) is 0. The van der Waals surface area contributed by atoms with Gasteiger partial charge in [0.25, 0.3) is 0 Å². The lowest BCUT2D eigenvalue weighted by molar-refractivity contribution is -0.303. The zero-order chi connectivity index (χ0) is 43.4. The van der Waals surface area contributed by atoms with E-state index in [1.165, 1.54) is 96.3 Å². The maximum absolute atomic E-state index is 13.1. The third-order valence-electron chi connectivity index (χ3n) is 11.4. The zero-order valence-corrected chi connectivity index (χ0v) is 37.2. The molecule has 11 heteroatoms. The molecule has 8 N–H and O–H groups in total. The molecular weight excluding hydrogens is 751 g/mol. The molecule has 1 aliphatic rings. The Morgan fingerprint density at radius 3 is 1.53 bits per heavy atom. The van der Waals surface area contributed by atoms with E-state index in [1.807, 2.05) is 0 Å². The second-order valence-electron chi connectivity index (χ2n) is 16.8. The standard InChI is InChI=1S/C48H89NO10/c1-3-5-7-9-11-13-15-17-18-19-20-21-22-24-26-28-30-32-34-36-41(52)47(57)49-39(38-58-48-46(56)45(55)44(54)42(37-50)59-48)43(53)40(51)35-33-31-29-27-25-23-16-14-12-10-8-6-4-2/h6,8,14,16,27,29,39-46,48,50-56H,3-5,7,9-13,15,17-26,28,30-38H2,1-2H3,(H,49,57)/b8-6+,16-14+,29-27+. The monoisotopic (exact) mass is 840 g/mol. The van der Waals surface area contributed by atoms with Gasteiger partial charge in [0.05, 0.1) is 25.4 Å². The van der Waals surface area contributed by atoms with Crippen molar-refractivity contribution in [3.63, 3.8) is 0 Å². The number of aliphatic hydroxyl groups excluding tert-OH is 7. The topological polar surface area (TPSA) is 189 Å². The maximum Gasteiger partial charge on any atom is 0.249 e. The van der Waals surface area contributed by atoms with Crippen LogP contribution in [0.5, 0.6) is 0 Å². The Morgan fingerprint density at radius 1 is 0.593 bits per heavy atom. The molecule has 9 unspecified atom stereocenters. The van der Waals surface area contributed by atoms with E-state index in [2.05, 4.69) is 55.6 Å². The van der Waals surface area contributed by atoms with Gasteiger partial charge in [-0.1, -0.05) is 172 Å². The molecule has 0 aromatic heterocycles. The fourth-order valence-electron chi connectivity index (χ4n) is 7.48. The Bertz CT molecular complexity index is 1050. The Labute approximate surface area is 358 Å². The SMILES string of the molecule is CC/C=C/CC/C=C/CC/C=C/CCCC(O)C(O)C(COC1OC(CO)C(O)C(O)C1O)NC(=O)C(O)CCCCCCCCCCCCCCCCCCCCC. The number of allylic oxidation sites excluding steroid dienone is 6. The molecule has 0 spiro atoms. The third kappa shape index (κ3) is 27.8. The van der Waals surface area contributed by atoms with Crippen LogP contribution in [0, 0.1) is 0 Å². The van der Waals surface area contributed by atoms with Gasteiger partial charge in [0.1, 0.15) is 36.6 Å². The van der Waals surface area contributed by atoms with Crippen LogP contribution < -0.4 is 5.32 Å². The number of carbonyl (C=O) groups excluding carboxylic acids is 1. The lowest BCUT2D eigenvalue weighted by atomic mass is 9.98. The van der Waals surface area contributed by atoms with Gasteiger partial charge in [0, 0.05) is 0 Å². The summed E-state index contributed by atoms with van der Waals surface area (Å²) in [6, 6.07) is -1.19. The van der Waals surface area contributed by atoms with Crippen molar-refractivity contribution in [3.8, 4) is 0 Å². The minimum atomic E-state index is -1.67. The molecule has 11 nitrogen and oxygen atoms in total. The largest absolute Gasteiger partial charge is 0.394 e. The maximum atomic E-state index is 13.1. The van der Waals surface area contributed by atoms with Crippen LogP contribution in [-0.4, -0.2) is 110 Å². The lowest BCUT2D eigenvalue weighted by Gasteiger charge is -2.40. The van der Waals surface area contributed by atoms with Gasteiger partial charge < -0.3 is 50.5 Å². The molecule has 1 heterocycles. The smallest absolute Gasteiger partial charge is 0.249 e.